The molecule has 1 saturated heterocycles. The van der Waals surface area contributed by atoms with E-state index in [9.17, 15) is 5.11 Å². The van der Waals surface area contributed by atoms with Gasteiger partial charge in [-0.05, 0) is 12.0 Å². The van der Waals surface area contributed by atoms with Crippen LogP contribution < -0.4 is 4.90 Å². The maximum atomic E-state index is 9.86. The van der Waals surface area contributed by atoms with Crippen LogP contribution in [-0.4, -0.2) is 50.5 Å². The summed E-state index contributed by atoms with van der Waals surface area (Å²) in [7, 11) is 0. The third-order valence-corrected chi connectivity index (χ3v) is 3.48. The molecule has 6 nitrogen and oxygen atoms in total. The van der Waals surface area contributed by atoms with Crippen LogP contribution in [0.3, 0.4) is 0 Å². The first-order valence-electron chi connectivity index (χ1n) is 6.06. The highest BCUT2D eigenvalue weighted by Crippen LogP contribution is 2.32. The number of nitrogens with zero attached hydrogens (tertiary/aromatic N) is 3. The summed E-state index contributed by atoms with van der Waals surface area (Å²) in [6, 6.07) is 0. The van der Waals surface area contributed by atoms with Crippen molar-refractivity contribution >= 4 is 16.9 Å². The van der Waals surface area contributed by atoms with Gasteiger partial charge in [0.25, 0.3) is 0 Å². The molecule has 2 aromatic heterocycles. The molecule has 0 saturated carbocycles. The number of aliphatic hydroxyl groups is 2. The van der Waals surface area contributed by atoms with Crippen LogP contribution in [0.1, 0.15) is 12.5 Å². The Labute approximate surface area is 104 Å². The van der Waals surface area contributed by atoms with Gasteiger partial charge in [-0.1, -0.05) is 6.92 Å². The van der Waals surface area contributed by atoms with Crippen LogP contribution in [0, 0.1) is 0 Å². The van der Waals surface area contributed by atoms with Gasteiger partial charge in [-0.3, -0.25) is 0 Å². The third kappa shape index (κ3) is 1.57. The SMILES string of the molecule is CCc1c[nH]c2ncnc(N3CC(O)(CO)C3)c12. The van der Waals surface area contributed by atoms with Crippen molar-refractivity contribution in [3.8, 4) is 0 Å². The molecule has 0 aromatic carbocycles. The molecule has 0 spiro atoms. The highest BCUT2D eigenvalue weighted by Gasteiger charge is 2.42. The number of aromatic amines is 1. The predicted octanol–water partition coefficient (Wildman–Crippen LogP) is 0.0637. The van der Waals surface area contributed by atoms with Gasteiger partial charge in [0.15, 0.2) is 0 Å². The van der Waals surface area contributed by atoms with Gasteiger partial charge in [0.2, 0.25) is 0 Å². The lowest BCUT2D eigenvalue weighted by molar-refractivity contribution is -0.0362. The van der Waals surface area contributed by atoms with Gasteiger partial charge in [0, 0.05) is 6.20 Å². The second kappa shape index (κ2) is 3.93. The molecule has 96 valence electrons. The summed E-state index contributed by atoms with van der Waals surface area (Å²) in [5.41, 5.74) is 0.997. The molecule has 0 bridgehead atoms. The van der Waals surface area contributed by atoms with Gasteiger partial charge in [-0.15, -0.1) is 0 Å². The van der Waals surface area contributed by atoms with Crippen LogP contribution in [0.5, 0.6) is 0 Å². The van der Waals surface area contributed by atoms with Gasteiger partial charge in [0.05, 0.1) is 25.1 Å². The smallest absolute Gasteiger partial charge is 0.143 e. The zero-order valence-electron chi connectivity index (χ0n) is 10.2. The first kappa shape index (κ1) is 11.4. The molecule has 0 atom stereocenters. The molecule has 3 N–H and O–H groups in total. The van der Waals surface area contributed by atoms with E-state index in [0.717, 1.165) is 23.3 Å². The lowest BCUT2D eigenvalue weighted by Gasteiger charge is -2.46. The quantitative estimate of drug-likeness (QED) is 0.715. The number of aromatic nitrogens is 3. The first-order chi connectivity index (χ1) is 8.67. The van der Waals surface area contributed by atoms with E-state index >= 15 is 0 Å². The monoisotopic (exact) mass is 248 g/mol. The van der Waals surface area contributed by atoms with Crippen LogP contribution in [0.2, 0.25) is 0 Å². The van der Waals surface area contributed by atoms with Crippen molar-refractivity contribution in [2.24, 2.45) is 0 Å². The van der Waals surface area contributed by atoms with Gasteiger partial charge in [0.1, 0.15) is 23.4 Å². The highest BCUT2D eigenvalue weighted by molar-refractivity contribution is 5.91. The minimum absolute atomic E-state index is 0.217. The molecule has 1 fully saturated rings. The summed E-state index contributed by atoms with van der Waals surface area (Å²) in [6.45, 7) is 2.68. The maximum absolute atomic E-state index is 9.86. The summed E-state index contributed by atoms with van der Waals surface area (Å²) in [6.07, 6.45) is 4.36. The number of rotatable bonds is 3. The molecular weight excluding hydrogens is 232 g/mol. The molecule has 0 aliphatic carbocycles. The fourth-order valence-corrected chi connectivity index (χ4v) is 2.44. The molecule has 18 heavy (non-hydrogen) atoms. The number of anilines is 1. The van der Waals surface area contributed by atoms with E-state index in [2.05, 4.69) is 21.9 Å². The van der Waals surface area contributed by atoms with Crippen LogP contribution >= 0.6 is 0 Å². The third-order valence-electron chi connectivity index (χ3n) is 3.48. The Morgan fingerprint density at radius 3 is 2.89 bits per heavy atom. The number of hydrogen-bond acceptors (Lipinski definition) is 5. The summed E-state index contributed by atoms with van der Waals surface area (Å²) < 4.78 is 0. The number of hydrogen-bond donors (Lipinski definition) is 3. The van der Waals surface area contributed by atoms with Crippen molar-refractivity contribution in [3.63, 3.8) is 0 Å². The molecule has 3 rings (SSSR count). The highest BCUT2D eigenvalue weighted by atomic mass is 16.3. The van der Waals surface area contributed by atoms with E-state index < -0.39 is 5.60 Å². The Morgan fingerprint density at radius 1 is 1.44 bits per heavy atom. The summed E-state index contributed by atoms with van der Waals surface area (Å²) >= 11 is 0. The number of fused-ring (bicyclic) bond motifs is 1. The van der Waals surface area contributed by atoms with Crippen molar-refractivity contribution in [2.45, 2.75) is 18.9 Å². The molecule has 3 heterocycles. The zero-order valence-corrected chi connectivity index (χ0v) is 10.2. The van der Waals surface area contributed by atoms with Gasteiger partial charge < -0.3 is 20.1 Å². The van der Waals surface area contributed by atoms with Crippen molar-refractivity contribution in [1.82, 2.24) is 15.0 Å². The maximum Gasteiger partial charge on any atom is 0.143 e. The van der Waals surface area contributed by atoms with E-state index in [-0.39, 0.29) is 6.61 Å². The normalized spacial score (nSPS) is 18.1. The van der Waals surface area contributed by atoms with Crippen LogP contribution in [0.25, 0.3) is 11.0 Å². The molecule has 0 amide bonds. The minimum Gasteiger partial charge on any atom is -0.393 e. The average Bonchev–Trinajstić information content (AvgIpc) is 2.78. The first-order valence-corrected chi connectivity index (χ1v) is 6.06. The van der Waals surface area contributed by atoms with Crippen molar-refractivity contribution < 1.29 is 10.2 Å². The molecule has 0 unspecified atom stereocenters. The number of H-pyrrole nitrogens is 1. The van der Waals surface area contributed by atoms with Gasteiger partial charge in [-0.25, -0.2) is 9.97 Å². The van der Waals surface area contributed by atoms with E-state index in [4.69, 9.17) is 5.11 Å². The lowest BCUT2D eigenvalue weighted by atomic mass is 9.95. The number of β-amino-alcohol motifs (C(OH)–C–C–N with tert-alkyl or cyclic N) is 1. The number of aryl methyl sites for hydroxylation is 1. The molecule has 0 radical (unpaired) electrons. The van der Waals surface area contributed by atoms with Crippen LogP contribution in [-0.2, 0) is 6.42 Å². The fourth-order valence-electron chi connectivity index (χ4n) is 2.44. The van der Waals surface area contributed by atoms with Gasteiger partial charge >= 0.3 is 0 Å². The molecule has 2 aromatic rings. The molecular formula is C12H16N4O2. The van der Waals surface area contributed by atoms with E-state index in [1.165, 1.54) is 11.9 Å². The minimum atomic E-state index is -0.986. The molecule has 6 heteroatoms. The van der Waals surface area contributed by atoms with E-state index in [1.54, 1.807) is 0 Å². The van der Waals surface area contributed by atoms with Crippen LogP contribution in [0.15, 0.2) is 12.5 Å². The van der Waals surface area contributed by atoms with Gasteiger partial charge in [-0.2, -0.15) is 0 Å². The van der Waals surface area contributed by atoms with Crippen LogP contribution in [0.4, 0.5) is 5.82 Å². The lowest BCUT2D eigenvalue weighted by Crippen LogP contribution is -2.64. The second-order valence-electron chi connectivity index (χ2n) is 4.83. The largest absolute Gasteiger partial charge is 0.393 e. The van der Waals surface area contributed by atoms with Crippen molar-refractivity contribution in [1.29, 1.82) is 0 Å². The Hall–Kier alpha value is -1.66. The Kier molecular flexibility index (Phi) is 2.49. The Balaban J connectivity index is 2.00. The topological polar surface area (TPSA) is 85.3 Å². The molecule has 1 aliphatic heterocycles. The van der Waals surface area contributed by atoms with E-state index in [1.807, 2.05) is 11.1 Å². The fraction of sp³-hybridized carbons (Fsp3) is 0.500. The summed E-state index contributed by atoms with van der Waals surface area (Å²) in [5.74, 6) is 0.830. The predicted molar refractivity (Wildman–Crippen MR) is 67.5 cm³/mol. The zero-order chi connectivity index (χ0) is 12.8. The average molecular weight is 248 g/mol. The Morgan fingerprint density at radius 2 is 2.22 bits per heavy atom. The van der Waals surface area contributed by atoms with E-state index in [0.29, 0.717) is 13.1 Å². The number of aliphatic hydroxyl groups excluding tert-OH is 1. The summed E-state index contributed by atoms with van der Waals surface area (Å²) in [4.78, 5) is 13.6. The molecule has 1 aliphatic rings. The second-order valence-corrected chi connectivity index (χ2v) is 4.83. The van der Waals surface area contributed by atoms with Crippen molar-refractivity contribution in [3.05, 3.63) is 18.1 Å². The standard InChI is InChI=1S/C12H16N4O2/c1-2-8-3-13-10-9(8)11(15-7-14-10)16-4-12(18,5-16)6-17/h3,7,17-18H,2,4-6H2,1H3,(H,13,14,15). The Bertz CT molecular complexity index is 574. The van der Waals surface area contributed by atoms with Crippen molar-refractivity contribution in [2.75, 3.05) is 24.6 Å². The summed E-state index contributed by atoms with van der Waals surface area (Å²) in [5, 5.41) is 19.9. The number of nitrogens with one attached hydrogen (secondary N) is 1.